The predicted octanol–water partition coefficient (Wildman–Crippen LogP) is 2.53. The summed E-state index contributed by atoms with van der Waals surface area (Å²) in [6, 6.07) is 6.47. The van der Waals surface area contributed by atoms with E-state index < -0.39 is 0 Å². The molecular formula is C20H36N4O2. The Morgan fingerprint density at radius 3 is 2.35 bits per heavy atom. The van der Waals surface area contributed by atoms with E-state index in [4.69, 9.17) is 14.5 Å². The highest BCUT2D eigenvalue weighted by Gasteiger charge is 2.09. The van der Waals surface area contributed by atoms with E-state index in [0.29, 0.717) is 6.04 Å². The van der Waals surface area contributed by atoms with Crippen LogP contribution in [0.4, 0.5) is 0 Å². The zero-order valence-corrected chi connectivity index (χ0v) is 17.3. The summed E-state index contributed by atoms with van der Waals surface area (Å²) in [4.78, 5) is 7.14. The van der Waals surface area contributed by atoms with Gasteiger partial charge >= 0.3 is 0 Å². The molecule has 0 radical (unpaired) electrons. The van der Waals surface area contributed by atoms with Crippen molar-refractivity contribution in [2.45, 2.75) is 40.2 Å². The molecule has 1 aromatic carbocycles. The monoisotopic (exact) mass is 364 g/mol. The Labute approximate surface area is 159 Å². The molecule has 0 fully saturated rings. The highest BCUT2D eigenvalue weighted by molar-refractivity contribution is 5.79. The van der Waals surface area contributed by atoms with Crippen LogP contribution in [-0.4, -0.2) is 63.8 Å². The van der Waals surface area contributed by atoms with E-state index in [0.717, 1.165) is 56.6 Å². The van der Waals surface area contributed by atoms with Crippen molar-refractivity contribution in [3.63, 3.8) is 0 Å². The topological polar surface area (TPSA) is 58.1 Å². The summed E-state index contributed by atoms with van der Waals surface area (Å²) in [5, 5.41) is 6.73. The summed E-state index contributed by atoms with van der Waals surface area (Å²) in [6.45, 7) is 13.2. The molecule has 0 amide bonds. The first-order valence-electron chi connectivity index (χ1n) is 9.56. The largest absolute Gasteiger partial charge is 0.493 e. The Morgan fingerprint density at radius 1 is 1.08 bits per heavy atom. The van der Waals surface area contributed by atoms with Crippen LogP contribution in [0.3, 0.4) is 0 Å². The van der Waals surface area contributed by atoms with Crippen molar-refractivity contribution in [1.82, 2.24) is 15.5 Å². The fourth-order valence-electron chi connectivity index (χ4n) is 2.89. The quantitative estimate of drug-likeness (QED) is 0.467. The van der Waals surface area contributed by atoms with Crippen molar-refractivity contribution in [3.05, 3.63) is 23.8 Å². The Kier molecular flexibility index (Phi) is 10.5. The third kappa shape index (κ3) is 7.12. The van der Waals surface area contributed by atoms with Crippen molar-refractivity contribution >= 4 is 5.96 Å². The molecule has 1 rings (SSSR count). The molecule has 6 heteroatoms. The molecule has 6 nitrogen and oxygen atoms in total. The number of guanidine groups is 1. The van der Waals surface area contributed by atoms with E-state index in [-0.39, 0.29) is 0 Å². The number of rotatable bonds is 11. The number of benzene rings is 1. The lowest BCUT2D eigenvalue weighted by molar-refractivity contribution is 0.237. The molecule has 0 saturated carbocycles. The average Bonchev–Trinajstić information content (AvgIpc) is 2.66. The van der Waals surface area contributed by atoms with E-state index in [9.17, 15) is 0 Å². The van der Waals surface area contributed by atoms with Gasteiger partial charge in [-0.3, -0.25) is 9.89 Å². The van der Waals surface area contributed by atoms with Gasteiger partial charge in [-0.25, -0.2) is 0 Å². The van der Waals surface area contributed by atoms with Gasteiger partial charge in [0.1, 0.15) is 0 Å². The molecule has 0 heterocycles. The molecular weight excluding hydrogens is 328 g/mol. The van der Waals surface area contributed by atoms with Crippen molar-refractivity contribution in [2.24, 2.45) is 4.99 Å². The molecule has 0 bridgehead atoms. The first-order valence-corrected chi connectivity index (χ1v) is 9.56. The van der Waals surface area contributed by atoms with Gasteiger partial charge in [0, 0.05) is 19.1 Å². The molecule has 1 unspecified atom stereocenters. The molecule has 0 aromatic heterocycles. The van der Waals surface area contributed by atoms with Gasteiger partial charge in [0.15, 0.2) is 17.5 Å². The number of aliphatic imine (C=N–C) groups is 1. The molecule has 0 saturated heterocycles. The smallest absolute Gasteiger partial charge is 0.191 e. The molecule has 2 N–H and O–H groups in total. The van der Waals surface area contributed by atoms with Crippen LogP contribution in [0.1, 0.15) is 33.3 Å². The maximum absolute atomic E-state index is 5.37. The number of ether oxygens (including phenoxy) is 2. The maximum atomic E-state index is 5.37. The lowest BCUT2D eigenvalue weighted by Gasteiger charge is -2.25. The standard InChI is InChI=1S/C20H36N4O2/c1-7-21-20(23-15-16(4)24(8-2)9-3)22-13-12-17-10-11-18(25-5)19(14-17)26-6/h10-11,14,16H,7-9,12-13,15H2,1-6H3,(H2,21,22,23). The van der Waals surface area contributed by atoms with E-state index in [1.807, 2.05) is 12.1 Å². The van der Waals surface area contributed by atoms with Gasteiger partial charge in [0.2, 0.25) is 0 Å². The zero-order valence-electron chi connectivity index (χ0n) is 17.3. The molecule has 0 spiro atoms. The van der Waals surface area contributed by atoms with E-state index in [2.05, 4.69) is 49.3 Å². The summed E-state index contributed by atoms with van der Waals surface area (Å²) < 4.78 is 10.6. The van der Waals surface area contributed by atoms with E-state index in [1.165, 1.54) is 5.56 Å². The van der Waals surface area contributed by atoms with Crippen LogP contribution >= 0.6 is 0 Å². The number of nitrogens with zero attached hydrogens (tertiary/aromatic N) is 2. The number of hydrogen-bond donors (Lipinski definition) is 2. The minimum Gasteiger partial charge on any atom is -0.493 e. The van der Waals surface area contributed by atoms with Crippen LogP contribution in [0.25, 0.3) is 0 Å². The Morgan fingerprint density at radius 2 is 1.77 bits per heavy atom. The third-order valence-corrected chi connectivity index (χ3v) is 4.45. The van der Waals surface area contributed by atoms with Gasteiger partial charge in [-0.05, 0) is 51.1 Å². The van der Waals surface area contributed by atoms with Crippen LogP contribution in [0.5, 0.6) is 11.5 Å². The highest BCUT2D eigenvalue weighted by Crippen LogP contribution is 2.27. The van der Waals surface area contributed by atoms with Gasteiger partial charge in [-0.1, -0.05) is 19.9 Å². The van der Waals surface area contributed by atoms with Gasteiger partial charge < -0.3 is 20.1 Å². The van der Waals surface area contributed by atoms with Crippen LogP contribution in [0.15, 0.2) is 23.2 Å². The molecule has 0 aliphatic heterocycles. The average molecular weight is 365 g/mol. The first-order chi connectivity index (χ1) is 12.6. The van der Waals surface area contributed by atoms with E-state index >= 15 is 0 Å². The van der Waals surface area contributed by atoms with Crippen LogP contribution < -0.4 is 20.1 Å². The molecule has 0 aliphatic rings. The predicted molar refractivity (Wildman–Crippen MR) is 110 cm³/mol. The zero-order chi connectivity index (χ0) is 19.4. The maximum Gasteiger partial charge on any atom is 0.191 e. The lowest BCUT2D eigenvalue weighted by Crippen LogP contribution is -2.40. The minimum atomic E-state index is 0.436. The second-order valence-corrected chi connectivity index (χ2v) is 6.16. The number of nitrogens with one attached hydrogen (secondary N) is 2. The minimum absolute atomic E-state index is 0.436. The Hall–Kier alpha value is -1.95. The van der Waals surface area contributed by atoms with Gasteiger partial charge in [0.25, 0.3) is 0 Å². The molecule has 1 aromatic rings. The van der Waals surface area contributed by atoms with Crippen LogP contribution in [0.2, 0.25) is 0 Å². The fraction of sp³-hybridized carbons (Fsp3) is 0.650. The highest BCUT2D eigenvalue weighted by atomic mass is 16.5. The molecule has 0 aliphatic carbocycles. The normalized spacial score (nSPS) is 12.8. The summed E-state index contributed by atoms with van der Waals surface area (Å²) in [5.74, 6) is 2.38. The van der Waals surface area contributed by atoms with Crippen molar-refractivity contribution < 1.29 is 9.47 Å². The number of methoxy groups -OCH3 is 2. The Bertz CT molecular complexity index is 545. The molecule has 148 valence electrons. The molecule has 26 heavy (non-hydrogen) atoms. The van der Waals surface area contributed by atoms with Crippen molar-refractivity contribution in [3.8, 4) is 11.5 Å². The summed E-state index contributed by atoms with van der Waals surface area (Å²) >= 11 is 0. The van der Waals surface area contributed by atoms with E-state index in [1.54, 1.807) is 14.2 Å². The van der Waals surface area contributed by atoms with Crippen molar-refractivity contribution in [2.75, 3.05) is 46.9 Å². The molecule has 1 atom stereocenters. The number of likely N-dealkylation sites (N-methyl/N-ethyl adjacent to an activating group) is 1. The van der Waals surface area contributed by atoms with Gasteiger partial charge in [-0.15, -0.1) is 0 Å². The van der Waals surface area contributed by atoms with Crippen molar-refractivity contribution in [1.29, 1.82) is 0 Å². The van der Waals surface area contributed by atoms with Gasteiger partial charge in [0.05, 0.1) is 20.8 Å². The summed E-state index contributed by atoms with van der Waals surface area (Å²) in [6.07, 6.45) is 0.885. The van der Waals surface area contributed by atoms with Gasteiger partial charge in [-0.2, -0.15) is 0 Å². The summed E-state index contributed by atoms with van der Waals surface area (Å²) in [7, 11) is 3.31. The SMILES string of the molecule is CCNC(=NCC(C)N(CC)CC)NCCc1ccc(OC)c(OC)c1. The third-order valence-electron chi connectivity index (χ3n) is 4.45. The number of hydrogen-bond acceptors (Lipinski definition) is 4. The fourth-order valence-corrected chi connectivity index (χ4v) is 2.89. The second kappa shape index (κ2) is 12.4. The Balaban J connectivity index is 2.59. The second-order valence-electron chi connectivity index (χ2n) is 6.16. The lowest BCUT2D eigenvalue weighted by atomic mass is 10.1. The van der Waals surface area contributed by atoms with Crippen LogP contribution in [0, 0.1) is 0 Å². The van der Waals surface area contributed by atoms with Crippen LogP contribution in [-0.2, 0) is 6.42 Å². The summed E-state index contributed by atoms with van der Waals surface area (Å²) in [5.41, 5.74) is 1.20. The first kappa shape index (κ1) is 22.1.